The van der Waals surface area contributed by atoms with Crippen LogP contribution in [0.1, 0.15) is 142 Å². The fourth-order valence-corrected chi connectivity index (χ4v) is 12.1. The number of nitriles is 1. The number of likely N-dealkylation sites (tertiary alicyclic amines) is 1. The Hall–Kier alpha value is -6.59. The van der Waals surface area contributed by atoms with Gasteiger partial charge in [-0.05, 0) is 97.9 Å². The average molecular weight is 1170 g/mol. The number of nitrogens with zero attached hydrogens (tertiary/aromatic N) is 3. The second-order valence-electron chi connectivity index (χ2n) is 24.7. The maximum atomic E-state index is 14.8. The summed E-state index contributed by atoms with van der Waals surface area (Å²) < 4.78 is 18.2. The Morgan fingerprint density at radius 2 is 1.56 bits per heavy atom. The van der Waals surface area contributed by atoms with Crippen LogP contribution in [0.3, 0.4) is 0 Å². The number of anilines is 1. The predicted octanol–water partition coefficient (Wildman–Crippen LogP) is 8.90. The minimum absolute atomic E-state index is 0.0183. The normalized spacial score (nSPS) is 19.6. The van der Waals surface area contributed by atoms with Gasteiger partial charge in [0, 0.05) is 53.8 Å². The highest BCUT2D eigenvalue weighted by Crippen LogP contribution is 2.55. The van der Waals surface area contributed by atoms with Gasteiger partial charge in [-0.2, -0.15) is 5.26 Å². The number of esters is 1. The molecule has 2 heterocycles. The van der Waals surface area contributed by atoms with Crippen molar-refractivity contribution in [1.82, 2.24) is 31.2 Å². The van der Waals surface area contributed by atoms with Gasteiger partial charge in [-0.3, -0.25) is 24.0 Å². The fourth-order valence-electron chi connectivity index (χ4n) is 11.0. The van der Waals surface area contributed by atoms with Crippen LogP contribution in [0.15, 0.2) is 72.2 Å². The topological polar surface area (TPSA) is 256 Å². The van der Waals surface area contributed by atoms with Crippen molar-refractivity contribution in [2.24, 2.45) is 33.8 Å². The molecule has 0 spiro atoms. The number of carbonyl (C=O) groups excluding carboxylic acids is 6. The molecule has 1 saturated heterocycles. The van der Waals surface area contributed by atoms with Crippen LogP contribution in [0.5, 0.6) is 5.75 Å². The molecule has 5 amide bonds. The maximum absolute atomic E-state index is 14.8. The monoisotopic (exact) mass is 1170 g/mol. The Morgan fingerprint density at radius 1 is 0.890 bits per heavy atom. The molecule has 0 radical (unpaired) electrons. The number of hydrogen-bond donors (Lipinski definition) is 6. The summed E-state index contributed by atoms with van der Waals surface area (Å²) in [5, 5.41) is 24.9. The first-order valence-electron chi connectivity index (χ1n) is 28.3. The second-order valence-corrected chi connectivity index (χ2v) is 26.0. The number of ether oxygens (including phenoxy) is 3. The number of rotatable bonds is 25. The van der Waals surface area contributed by atoms with Gasteiger partial charge in [0.1, 0.15) is 48.8 Å². The third-order valence-corrected chi connectivity index (χ3v) is 17.0. The van der Waals surface area contributed by atoms with Gasteiger partial charge in [0.05, 0.1) is 45.3 Å². The molecule has 0 unspecified atom stereocenters. The molecule has 2 aliphatic rings. The number of nitrogens with one attached hydrogen (secondary N) is 5. The van der Waals surface area contributed by atoms with Crippen molar-refractivity contribution in [3.05, 3.63) is 99.6 Å². The molecule has 444 valence electrons. The Kier molecular flexibility index (Phi) is 21.8. The van der Waals surface area contributed by atoms with Crippen LogP contribution < -0.4 is 37.1 Å². The van der Waals surface area contributed by atoms with Crippen molar-refractivity contribution in [3.63, 3.8) is 0 Å². The number of carbonyl (C=O) groups is 6. The second kappa shape index (κ2) is 27.7. The van der Waals surface area contributed by atoms with Crippen LogP contribution in [0.25, 0.3) is 10.4 Å². The van der Waals surface area contributed by atoms with E-state index < -0.39 is 82.2 Å². The van der Waals surface area contributed by atoms with E-state index in [1.165, 1.54) is 4.90 Å². The number of amides is 5. The summed E-state index contributed by atoms with van der Waals surface area (Å²) in [6, 6.07) is 17.6. The van der Waals surface area contributed by atoms with Crippen molar-refractivity contribution in [3.8, 4) is 22.3 Å². The molecule has 3 aromatic carbocycles. The van der Waals surface area contributed by atoms with E-state index in [2.05, 4.69) is 65.3 Å². The van der Waals surface area contributed by atoms with Gasteiger partial charge in [0.15, 0.2) is 0 Å². The number of aryl methyl sites for hydroxylation is 1. The van der Waals surface area contributed by atoms with E-state index in [1.807, 2.05) is 84.9 Å². The van der Waals surface area contributed by atoms with Crippen molar-refractivity contribution < 1.29 is 43.0 Å². The molecule has 82 heavy (non-hydrogen) atoms. The van der Waals surface area contributed by atoms with Crippen LogP contribution in [0, 0.1) is 46.3 Å². The number of aromatic nitrogens is 1. The zero-order valence-electron chi connectivity index (χ0n) is 49.7. The van der Waals surface area contributed by atoms with E-state index in [1.54, 1.807) is 61.0 Å². The third kappa shape index (κ3) is 15.9. The highest BCUT2D eigenvalue weighted by atomic mass is 35.5. The predicted molar refractivity (Wildman–Crippen MR) is 319 cm³/mol. The van der Waals surface area contributed by atoms with Crippen LogP contribution in [0.4, 0.5) is 5.69 Å². The summed E-state index contributed by atoms with van der Waals surface area (Å²) in [6.45, 7) is 25.2. The number of thiazole rings is 1. The molecule has 7 N–H and O–H groups in total. The standard InChI is InChI=1S/C62H84ClN9O9S/c1-35(2)49(65)55(76)70-50(36(3)4)57(78)80-45-30-47(54(75)68-37(5)39-17-19-40(20-18-39)51-38(6)67-34-82-51)72(32-45)56(77)52(60(7,8)9)69-48(73)33-79-28-16-14-15-27-66-43-24-21-41(22-25-43)53(74)71-58-61(10,11)59(62(58,12)13)81-44-26-23-42(31-64)46(63)29-44/h17-26,29,34-37,45,47,49-50,52,58-59,66H,14-16,27-28,30,32-33,65H2,1-13H3,(H,68,75)(H,69,73)(H,70,76)(H,71,74)/t37-,45+,47-,49-,50-,52+,58-,59-/m0/s1. The number of unbranched alkanes of at least 4 members (excludes halogenated alkanes) is 2. The van der Waals surface area contributed by atoms with Gasteiger partial charge >= 0.3 is 5.97 Å². The first kappa shape index (κ1) is 64.6. The van der Waals surface area contributed by atoms with Gasteiger partial charge in [0.2, 0.25) is 23.6 Å². The maximum Gasteiger partial charge on any atom is 0.329 e. The molecule has 1 aliphatic heterocycles. The largest absolute Gasteiger partial charge is 0.489 e. The molecule has 4 aromatic rings. The molecule has 1 aliphatic carbocycles. The summed E-state index contributed by atoms with van der Waals surface area (Å²) in [4.78, 5) is 89.7. The average Bonchev–Trinajstić information content (AvgIpc) is 1.20. The summed E-state index contributed by atoms with van der Waals surface area (Å²) >= 11 is 7.81. The SMILES string of the molecule is Cc1ncsc1-c1ccc([C@H](C)NC(=O)[C@@H]2C[C@@H](OC(=O)[C@@H](NC(=O)[C@@H](N)C(C)C)C(C)C)CN2C(=O)[C@@H](NC(=O)COCCCCCNc2ccc(C(=O)N[C@H]3C(C)(C)[C@H](Oc4ccc(C#N)c(Cl)c4)C3(C)C)cc2)C(C)(C)C)cc1. The third-order valence-electron chi connectivity index (χ3n) is 15.7. The molecule has 18 nitrogen and oxygen atoms in total. The number of hydrogen-bond acceptors (Lipinski definition) is 14. The molecule has 1 saturated carbocycles. The van der Waals surface area contributed by atoms with Gasteiger partial charge < -0.3 is 51.4 Å². The Morgan fingerprint density at radius 3 is 2.15 bits per heavy atom. The van der Waals surface area contributed by atoms with E-state index in [4.69, 9.17) is 31.5 Å². The van der Waals surface area contributed by atoms with Crippen LogP contribution in [0.2, 0.25) is 5.02 Å². The molecule has 2 fully saturated rings. The summed E-state index contributed by atoms with van der Waals surface area (Å²) in [5.41, 5.74) is 10.8. The number of halogens is 1. The van der Waals surface area contributed by atoms with Gasteiger partial charge in [0.25, 0.3) is 5.91 Å². The van der Waals surface area contributed by atoms with E-state index >= 15 is 0 Å². The lowest BCUT2D eigenvalue weighted by atomic mass is 9.49. The molecule has 6 rings (SSSR count). The highest BCUT2D eigenvalue weighted by molar-refractivity contribution is 7.13. The lowest BCUT2D eigenvalue weighted by Crippen LogP contribution is -2.74. The van der Waals surface area contributed by atoms with Crippen LogP contribution in [-0.2, 0) is 33.4 Å². The molecular formula is C62H84ClN9O9S. The lowest BCUT2D eigenvalue weighted by Gasteiger charge is -2.63. The fraction of sp³-hybridized carbons (Fsp3) is 0.548. The first-order chi connectivity index (χ1) is 38.5. The Balaban J connectivity index is 0.985. The summed E-state index contributed by atoms with van der Waals surface area (Å²) in [7, 11) is 0. The number of nitrogens with two attached hydrogens (primary N) is 1. The first-order valence-corrected chi connectivity index (χ1v) is 29.6. The zero-order chi connectivity index (χ0) is 60.4. The molecule has 20 heteroatoms. The van der Waals surface area contributed by atoms with Crippen molar-refractivity contribution in [2.45, 2.75) is 164 Å². The Bertz CT molecular complexity index is 2920. The summed E-state index contributed by atoms with van der Waals surface area (Å²) in [5.74, 6) is -2.82. The smallest absolute Gasteiger partial charge is 0.329 e. The van der Waals surface area contributed by atoms with E-state index in [9.17, 15) is 34.0 Å². The van der Waals surface area contributed by atoms with Crippen molar-refractivity contribution >= 4 is 64.1 Å². The van der Waals surface area contributed by atoms with Crippen LogP contribution >= 0.6 is 22.9 Å². The van der Waals surface area contributed by atoms with Crippen molar-refractivity contribution in [1.29, 1.82) is 5.26 Å². The molecular weight excluding hydrogens is 1080 g/mol. The lowest BCUT2D eigenvalue weighted by molar-refractivity contribution is -0.164. The molecule has 6 atom stereocenters. The number of benzene rings is 3. The van der Waals surface area contributed by atoms with Gasteiger partial charge in [-0.25, -0.2) is 9.78 Å². The van der Waals surface area contributed by atoms with E-state index in [0.717, 1.165) is 40.2 Å². The highest BCUT2D eigenvalue weighted by Gasteiger charge is 2.64. The van der Waals surface area contributed by atoms with Gasteiger partial charge in [-0.15, -0.1) is 11.3 Å². The minimum Gasteiger partial charge on any atom is -0.489 e. The zero-order valence-corrected chi connectivity index (χ0v) is 51.3. The van der Waals surface area contributed by atoms with Crippen LogP contribution in [-0.4, -0.2) is 114 Å². The Labute approximate surface area is 492 Å². The molecule has 1 aromatic heterocycles. The van der Waals surface area contributed by atoms with Crippen molar-refractivity contribution in [2.75, 3.05) is 31.6 Å². The van der Waals surface area contributed by atoms with E-state index in [-0.39, 0.29) is 49.5 Å². The molecule has 0 bridgehead atoms. The van der Waals surface area contributed by atoms with Gasteiger partial charge in [-0.1, -0.05) is 112 Å². The summed E-state index contributed by atoms with van der Waals surface area (Å²) in [6.07, 6.45) is 1.16. The quantitative estimate of drug-likeness (QED) is 0.0268. The van der Waals surface area contributed by atoms with E-state index in [0.29, 0.717) is 41.5 Å². The minimum atomic E-state index is -1.08.